The molecule has 1 heterocycles. The molecule has 0 spiro atoms. The van der Waals surface area contributed by atoms with Gasteiger partial charge in [0.2, 0.25) is 0 Å². The first-order valence-electron chi connectivity index (χ1n) is 4.55. The standard InChI is InChI=1S/C10H19N/c1-9(2)4-6-11-7-5-10(3)8-11/h10H,1,4-8H2,2-3H3. The number of hydrogen-bond acceptors (Lipinski definition) is 1. The highest BCUT2D eigenvalue weighted by Gasteiger charge is 2.17. The molecule has 1 atom stereocenters. The average Bonchev–Trinajstić information content (AvgIpc) is 2.31. The van der Waals surface area contributed by atoms with Crippen molar-refractivity contribution in [1.29, 1.82) is 0 Å². The van der Waals surface area contributed by atoms with Crippen LogP contribution in [0.3, 0.4) is 0 Å². The molecule has 0 aliphatic carbocycles. The second-order valence-corrected chi connectivity index (χ2v) is 3.90. The molecule has 1 saturated heterocycles. The predicted octanol–water partition coefficient (Wildman–Crippen LogP) is 2.29. The van der Waals surface area contributed by atoms with E-state index in [1.165, 1.54) is 38.0 Å². The molecule has 0 radical (unpaired) electrons. The van der Waals surface area contributed by atoms with Crippen molar-refractivity contribution < 1.29 is 0 Å². The number of likely N-dealkylation sites (tertiary alicyclic amines) is 1. The zero-order valence-electron chi connectivity index (χ0n) is 7.77. The van der Waals surface area contributed by atoms with Gasteiger partial charge in [0.25, 0.3) is 0 Å². The Hall–Kier alpha value is -0.300. The summed E-state index contributed by atoms with van der Waals surface area (Å²) in [6.45, 7) is 12.2. The van der Waals surface area contributed by atoms with Crippen molar-refractivity contribution >= 4 is 0 Å². The van der Waals surface area contributed by atoms with Crippen molar-refractivity contribution in [3.05, 3.63) is 12.2 Å². The number of nitrogens with zero attached hydrogens (tertiary/aromatic N) is 1. The summed E-state index contributed by atoms with van der Waals surface area (Å²) in [7, 11) is 0. The van der Waals surface area contributed by atoms with E-state index in [1.807, 2.05) is 0 Å². The Morgan fingerprint density at radius 1 is 1.64 bits per heavy atom. The lowest BCUT2D eigenvalue weighted by molar-refractivity contribution is 0.332. The molecule has 1 aliphatic heterocycles. The van der Waals surface area contributed by atoms with Gasteiger partial charge in [-0.05, 0) is 32.2 Å². The summed E-state index contributed by atoms with van der Waals surface area (Å²) >= 11 is 0. The van der Waals surface area contributed by atoms with Crippen molar-refractivity contribution in [3.63, 3.8) is 0 Å². The molecule has 1 heteroatoms. The second kappa shape index (κ2) is 3.91. The van der Waals surface area contributed by atoms with Gasteiger partial charge in [-0.25, -0.2) is 0 Å². The van der Waals surface area contributed by atoms with Crippen molar-refractivity contribution in [2.45, 2.75) is 26.7 Å². The molecule has 1 fully saturated rings. The number of hydrogen-bond donors (Lipinski definition) is 0. The molecule has 0 aromatic heterocycles. The van der Waals surface area contributed by atoms with Gasteiger partial charge in [-0.1, -0.05) is 12.5 Å². The van der Waals surface area contributed by atoms with E-state index < -0.39 is 0 Å². The van der Waals surface area contributed by atoms with Gasteiger partial charge >= 0.3 is 0 Å². The van der Waals surface area contributed by atoms with Crippen LogP contribution in [0.2, 0.25) is 0 Å². The van der Waals surface area contributed by atoms with Gasteiger partial charge in [-0.3, -0.25) is 0 Å². The molecule has 1 unspecified atom stereocenters. The minimum Gasteiger partial charge on any atom is -0.303 e. The van der Waals surface area contributed by atoms with E-state index in [2.05, 4.69) is 25.3 Å². The molecule has 0 saturated carbocycles. The maximum atomic E-state index is 3.91. The first kappa shape index (κ1) is 8.79. The Balaban J connectivity index is 2.13. The number of rotatable bonds is 3. The summed E-state index contributed by atoms with van der Waals surface area (Å²) in [6.07, 6.45) is 2.56. The molecule has 0 amide bonds. The molecule has 11 heavy (non-hydrogen) atoms. The summed E-state index contributed by atoms with van der Waals surface area (Å²) in [5, 5.41) is 0. The quantitative estimate of drug-likeness (QED) is 0.562. The minimum atomic E-state index is 0.917. The van der Waals surface area contributed by atoms with Crippen molar-refractivity contribution in [3.8, 4) is 0 Å². The second-order valence-electron chi connectivity index (χ2n) is 3.90. The summed E-state index contributed by atoms with van der Waals surface area (Å²) in [6, 6.07) is 0. The van der Waals surface area contributed by atoms with Crippen LogP contribution >= 0.6 is 0 Å². The molecule has 0 aromatic carbocycles. The SMILES string of the molecule is C=C(C)CCN1CCC(C)C1. The molecule has 1 rings (SSSR count). The molecule has 0 N–H and O–H groups in total. The molecular formula is C10H19N. The fourth-order valence-corrected chi connectivity index (χ4v) is 1.58. The Morgan fingerprint density at radius 2 is 2.36 bits per heavy atom. The highest BCUT2D eigenvalue weighted by molar-refractivity contribution is 4.89. The minimum absolute atomic E-state index is 0.917. The van der Waals surface area contributed by atoms with Crippen LogP contribution < -0.4 is 0 Å². The maximum absolute atomic E-state index is 3.91. The van der Waals surface area contributed by atoms with Gasteiger partial charge < -0.3 is 4.90 Å². The van der Waals surface area contributed by atoms with Crippen LogP contribution in [0.5, 0.6) is 0 Å². The van der Waals surface area contributed by atoms with Crippen molar-refractivity contribution in [2.75, 3.05) is 19.6 Å². The summed E-state index contributed by atoms with van der Waals surface area (Å²) in [4.78, 5) is 2.54. The highest BCUT2D eigenvalue weighted by Crippen LogP contribution is 2.15. The van der Waals surface area contributed by atoms with Crippen LogP contribution in [0.15, 0.2) is 12.2 Å². The fourth-order valence-electron chi connectivity index (χ4n) is 1.58. The van der Waals surface area contributed by atoms with Crippen LogP contribution in [-0.4, -0.2) is 24.5 Å². The zero-order valence-corrected chi connectivity index (χ0v) is 7.77. The van der Waals surface area contributed by atoms with Crippen LogP contribution in [0.4, 0.5) is 0 Å². The molecule has 64 valence electrons. The van der Waals surface area contributed by atoms with Crippen molar-refractivity contribution in [2.24, 2.45) is 5.92 Å². The van der Waals surface area contributed by atoms with E-state index in [-0.39, 0.29) is 0 Å². The third-order valence-corrected chi connectivity index (χ3v) is 2.36. The largest absolute Gasteiger partial charge is 0.303 e. The lowest BCUT2D eigenvalue weighted by Crippen LogP contribution is -2.21. The third kappa shape index (κ3) is 3.06. The van der Waals surface area contributed by atoms with E-state index >= 15 is 0 Å². The topological polar surface area (TPSA) is 3.24 Å². The lowest BCUT2D eigenvalue weighted by atomic mass is 10.2. The monoisotopic (exact) mass is 153 g/mol. The molecule has 1 aliphatic rings. The normalized spacial score (nSPS) is 25.8. The molecule has 0 bridgehead atoms. The van der Waals surface area contributed by atoms with E-state index in [9.17, 15) is 0 Å². The van der Waals surface area contributed by atoms with Gasteiger partial charge in [-0.2, -0.15) is 0 Å². The summed E-state index contributed by atoms with van der Waals surface area (Å²) in [5.41, 5.74) is 1.31. The Kier molecular flexibility index (Phi) is 3.13. The van der Waals surface area contributed by atoms with Gasteiger partial charge in [0.05, 0.1) is 0 Å². The average molecular weight is 153 g/mol. The predicted molar refractivity (Wildman–Crippen MR) is 49.7 cm³/mol. The fraction of sp³-hybridized carbons (Fsp3) is 0.800. The smallest absolute Gasteiger partial charge is 0.00185 e. The van der Waals surface area contributed by atoms with E-state index in [0.717, 1.165) is 5.92 Å². The molecule has 1 nitrogen and oxygen atoms in total. The molecular weight excluding hydrogens is 134 g/mol. The summed E-state index contributed by atoms with van der Waals surface area (Å²) in [5.74, 6) is 0.917. The van der Waals surface area contributed by atoms with Crippen molar-refractivity contribution in [1.82, 2.24) is 4.90 Å². The summed E-state index contributed by atoms with van der Waals surface area (Å²) < 4.78 is 0. The first-order valence-corrected chi connectivity index (χ1v) is 4.55. The highest BCUT2D eigenvalue weighted by atomic mass is 15.1. The van der Waals surface area contributed by atoms with Crippen LogP contribution in [0, 0.1) is 5.92 Å². The van der Waals surface area contributed by atoms with E-state index in [0.29, 0.717) is 0 Å². The van der Waals surface area contributed by atoms with Crippen LogP contribution in [0.25, 0.3) is 0 Å². The van der Waals surface area contributed by atoms with E-state index in [1.54, 1.807) is 0 Å². The van der Waals surface area contributed by atoms with E-state index in [4.69, 9.17) is 0 Å². The van der Waals surface area contributed by atoms with Gasteiger partial charge in [-0.15, -0.1) is 6.58 Å². The lowest BCUT2D eigenvalue weighted by Gasteiger charge is -2.14. The van der Waals surface area contributed by atoms with Crippen LogP contribution in [-0.2, 0) is 0 Å². The third-order valence-electron chi connectivity index (χ3n) is 2.36. The van der Waals surface area contributed by atoms with Gasteiger partial charge in [0, 0.05) is 13.1 Å². The maximum Gasteiger partial charge on any atom is 0.00185 e. The van der Waals surface area contributed by atoms with Gasteiger partial charge in [0.1, 0.15) is 0 Å². The zero-order chi connectivity index (χ0) is 8.27. The van der Waals surface area contributed by atoms with Gasteiger partial charge in [0.15, 0.2) is 0 Å². The Bertz CT molecular complexity index is 140. The van der Waals surface area contributed by atoms with Crippen LogP contribution in [0.1, 0.15) is 26.7 Å². The Morgan fingerprint density at radius 3 is 2.82 bits per heavy atom. The Labute approximate surface area is 70.1 Å². The first-order chi connectivity index (χ1) is 5.18. The molecule has 0 aromatic rings.